The summed E-state index contributed by atoms with van der Waals surface area (Å²) >= 11 is 1.52. The van der Waals surface area contributed by atoms with Crippen LogP contribution in [0, 0.1) is 17.2 Å². The van der Waals surface area contributed by atoms with Crippen molar-refractivity contribution in [2.45, 2.75) is 25.8 Å². The molecule has 7 nitrogen and oxygen atoms in total. The summed E-state index contributed by atoms with van der Waals surface area (Å²) < 4.78 is 1.96. The van der Waals surface area contributed by atoms with Gasteiger partial charge in [0, 0.05) is 54.3 Å². The van der Waals surface area contributed by atoms with Gasteiger partial charge in [-0.15, -0.1) is 11.3 Å². The van der Waals surface area contributed by atoms with Gasteiger partial charge in [-0.05, 0) is 25.0 Å². The van der Waals surface area contributed by atoms with Crippen molar-refractivity contribution in [3.05, 3.63) is 46.7 Å². The van der Waals surface area contributed by atoms with Crippen LogP contribution in [0.5, 0.6) is 0 Å². The number of fused-ring (bicyclic) bond motifs is 1. The predicted molar refractivity (Wildman–Crippen MR) is 106 cm³/mol. The van der Waals surface area contributed by atoms with E-state index in [1.807, 2.05) is 33.2 Å². The largest absolute Gasteiger partial charge is 0.383 e. The van der Waals surface area contributed by atoms with Crippen molar-refractivity contribution in [1.29, 1.82) is 5.26 Å². The van der Waals surface area contributed by atoms with E-state index in [0.29, 0.717) is 25.1 Å². The average molecular weight is 390 g/mol. The van der Waals surface area contributed by atoms with Gasteiger partial charge in [0.25, 0.3) is 0 Å². The van der Waals surface area contributed by atoms with E-state index in [4.69, 9.17) is 5.73 Å². The van der Waals surface area contributed by atoms with Crippen molar-refractivity contribution < 1.29 is 4.79 Å². The molecule has 1 saturated carbocycles. The molecule has 1 aliphatic carbocycles. The number of nitrogens with zero attached hydrogens (tertiary/aromatic N) is 5. The second-order valence-corrected chi connectivity index (χ2v) is 8.02. The number of carbonyl (C=O) groups is 1. The van der Waals surface area contributed by atoms with E-state index in [0.717, 1.165) is 40.5 Å². The number of rotatable bonds is 3. The van der Waals surface area contributed by atoms with Crippen LogP contribution in [0.1, 0.15) is 29.7 Å². The van der Waals surface area contributed by atoms with Crippen LogP contribution in [0.15, 0.2) is 29.9 Å². The lowest BCUT2D eigenvalue weighted by molar-refractivity contribution is -0.133. The summed E-state index contributed by atoms with van der Waals surface area (Å²) in [7, 11) is 0. The second-order valence-electron chi connectivity index (χ2n) is 7.15. The van der Waals surface area contributed by atoms with Crippen LogP contribution in [-0.2, 0) is 17.8 Å². The summed E-state index contributed by atoms with van der Waals surface area (Å²) in [5, 5.41) is 12.5. The van der Waals surface area contributed by atoms with Gasteiger partial charge in [0.05, 0.1) is 11.4 Å². The maximum Gasteiger partial charge on any atom is 0.225 e. The van der Waals surface area contributed by atoms with Crippen LogP contribution in [0.2, 0.25) is 0 Å². The first-order valence-corrected chi connectivity index (χ1v) is 10.1. The minimum Gasteiger partial charge on any atom is -0.383 e. The maximum atomic E-state index is 12.6. The van der Waals surface area contributed by atoms with Crippen LogP contribution < -0.4 is 5.73 Å². The van der Waals surface area contributed by atoms with Gasteiger partial charge < -0.3 is 10.6 Å². The molecule has 28 heavy (non-hydrogen) atoms. The molecule has 0 saturated heterocycles. The highest BCUT2D eigenvalue weighted by Crippen LogP contribution is 2.38. The Bertz CT molecular complexity index is 1110. The third-order valence-corrected chi connectivity index (χ3v) is 6.13. The molecule has 3 aromatic heterocycles. The second kappa shape index (κ2) is 6.46. The van der Waals surface area contributed by atoms with E-state index in [1.54, 1.807) is 6.20 Å². The normalized spacial score (nSPS) is 15.9. The van der Waals surface area contributed by atoms with E-state index in [-0.39, 0.29) is 17.6 Å². The Morgan fingerprint density at radius 2 is 2.25 bits per heavy atom. The van der Waals surface area contributed by atoms with Gasteiger partial charge in [-0.3, -0.25) is 9.36 Å². The summed E-state index contributed by atoms with van der Waals surface area (Å²) in [6.45, 7) is 1.11. The summed E-state index contributed by atoms with van der Waals surface area (Å²) in [6.07, 6.45) is 6.28. The number of carbonyl (C=O) groups excluding carboxylic acids is 1. The minimum atomic E-state index is 0.168. The Morgan fingerprint density at radius 1 is 1.39 bits per heavy atom. The molecular formula is C20H18N6OS. The molecule has 2 aliphatic rings. The Balaban J connectivity index is 1.68. The van der Waals surface area contributed by atoms with Crippen LogP contribution in [0.3, 0.4) is 0 Å². The highest BCUT2D eigenvalue weighted by molar-refractivity contribution is 7.12. The molecule has 1 amide bonds. The third-order valence-electron chi connectivity index (χ3n) is 5.36. The molecule has 0 bridgehead atoms. The fourth-order valence-electron chi connectivity index (χ4n) is 3.84. The third kappa shape index (κ3) is 2.67. The lowest BCUT2D eigenvalue weighted by atomic mass is 9.93. The van der Waals surface area contributed by atoms with E-state index in [1.165, 1.54) is 11.3 Å². The van der Waals surface area contributed by atoms with Crippen molar-refractivity contribution in [1.82, 2.24) is 19.4 Å². The number of thiazole rings is 1. The molecule has 0 radical (unpaired) electrons. The molecule has 0 spiro atoms. The van der Waals surface area contributed by atoms with Gasteiger partial charge in [0.2, 0.25) is 5.91 Å². The summed E-state index contributed by atoms with van der Waals surface area (Å²) in [6, 6.07) is 6.12. The molecule has 0 aromatic carbocycles. The standard InChI is InChI=1S/C20H18N6OS/c21-10-13-17(16-2-1-7-26(16)20-23-6-9-28-20)14-11-25(19(27)12-3-4-12)8-5-15(14)24-18(13)22/h1-2,6-7,9,12H,3-5,8,11H2,(H2,22,24). The number of anilines is 1. The summed E-state index contributed by atoms with van der Waals surface area (Å²) in [5.41, 5.74) is 9.90. The predicted octanol–water partition coefficient (Wildman–Crippen LogP) is 2.74. The van der Waals surface area contributed by atoms with Crippen molar-refractivity contribution in [2.24, 2.45) is 5.92 Å². The van der Waals surface area contributed by atoms with Gasteiger partial charge in [0.1, 0.15) is 17.5 Å². The maximum absolute atomic E-state index is 12.6. The van der Waals surface area contributed by atoms with Crippen LogP contribution in [-0.4, -0.2) is 31.9 Å². The molecule has 5 rings (SSSR count). The summed E-state index contributed by atoms with van der Waals surface area (Å²) in [4.78, 5) is 23.4. The molecule has 0 atom stereocenters. The topological polar surface area (TPSA) is 101 Å². The van der Waals surface area contributed by atoms with Crippen molar-refractivity contribution in [3.63, 3.8) is 0 Å². The number of nitrogen functional groups attached to an aromatic ring is 1. The minimum absolute atomic E-state index is 0.168. The zero-order valence-electron chi connectivity index (χ0n) is 15.1. The van der Waals surface area contributed by atoms with E-state index >= 15 is 0 Å². The fourth-order valence-corrected chi connectivity index (χ4v) is 4.48. The lowest BCUT2D eigenvalue weighted by Crippen LogP contribution is -2.37. The first kappa shape index (κ1) is 17.0. The molecule has 2 N–H and O–H groups in total. The molecule has 1 aliphatic heterocycles. The van der Waals surface area contributed by atoms with E-state index in [2.05, 4.69) is 16.0 Å². The summed E-state index contributed by atoms with van der Waals surface area (Å²) in [5.74, 6) is 0.619. The van der Waals surface area contributed by atoms with Gasteiger partial charge in [-0.1, -0.05) is 0 Å². The Morgan fingerprint density at radius 3 is 2.96 bits per heavy atom. The molecule has 3 aromatic rings. The highest BCUT2D eigenvalue weighted by Gasteiger charge is 2.36. The molecule has 4 heterocycles. The molecular weight excluding hydrogens is 372 g/mol. The Hall–Kier alpha value is -3.18. The van der Waals surface area contributed by atoms with Crippen molar-refractivity contribution >= 4 is 23.1 Å². The monoisotopic (exact) mass is 390 g/mol. The number of hydrogen-bond donors (Lipinski definition) is 1. The average Bonchev–Trinajstić information content (AvgIpc) is 3.20. The first-order chi connectivity index (χ1) is 13.7. The van der Waals surface area contributed by atoms with Gasteiger partial charge >= 0.3 is 0 Å². The number of nitrogens with two attached hydrogens (primary N) is 1. The molecule has 1 fully saturated rings. The lowest BCUT2D eigenvalue weighted by Gasteiger charge is -2.30. The number of pyridine rings is 1. The Kier molecular flexibility index (Phi) is 3.91. The van der Waals surface area contributed by atoms with E-state index in [9.17, 15) is 10.1 Å². The number of hydrogen-bond acceptors (Lipinski definition) is 6. The molecule has 140 valence electrons. The zero-order chi connectivity index (χ0) is 19.3. The Labute approximate surface area is 166 Å². The fraction of sp³-hybridized carbons (Fsp3) is 0.300. The van der Waals surface area contributed by atoms with Gasteiger partial charge in [0.15, 0.2) is 5.13 Å². The smallest absolute Gasteiger partial charge is 0.225 e. The number of nitriles is 1. The van der Waals surface area contributed by atoms with Crippen molar-refractivity contribution in [2.75, 3.05) is 12.3 Å². The van der Waals surface area contributed by atoms with E-state index < -0.39 is 0 Å². The zero-order valence-corrected chi connectivity index (χ0v) is 15.9. The molecule has 0 unspecified atom stereocenters. The van der Waals surface area contributed by atoms with Crippen LogP contribution in [0.25, 0.3) is 16.4 Å². The van der Waals surface area contributed by atoms with Crippen LogP contribution in [0.4, 0.5) is 5.82 Å². The van der Waals surface area contributed by atoms with Crippen LogP contribution >= 0.6 is 11.3 Å². The van der Waals surface area contributed by atoms with Gasteiger partial charge in [-0.25, -0.2) is 9.97 Å². The first-order valence-electron chi connectivity index (χ1n) is 9.25. The SMILES string of the molecule is N#Cc1c(N)nc2c(c1-c1cccn1-c1nccs1)CN(C(=O)C1CC1)CC2. The van der Waals surface area contributed by atoms with Crippen molar-refractivity contribution in [3.8, 4) is 22.5 Å². The highest BCUT2D eigenvalue weighted by atomic mass is 32.1. The quantitative estimate of drug-likeness (QED) is 0.741. The molecule has 8 heteroatoms. The number of amides is 1. The van der Waals surface area contributed by atoms with Gasteiger partial charge in [-0.2, -0.15) is 5.26 Å². The number of aromatic nitrogens is 3.